The first kappa shape index (κ1) is 50.7. The first-order chi connectivity index (χ1) is 43.3. The van der Waals surface area contributed by atoms with E-state index in [1.807, 2.05) is 22.7 Å². The van der Waals surface area contributed by atoms with E-state index in [0.717, 1.165) is 45.3 Å². The van der Waals surface area contributed by atoms with Crippen molar-refractivity contribution in [2.24, 2.45) is 0 Å². The van der Waals surface area contributed by atoms with Crippen molar-refractivity contribution in [2.45, 2.75) is 19.3 Å². The fourth-order valence-electron chi connectivity index (χ4n) is 14.4. The normalized spacial score (nSPS) is 12.8. The molecule has 0 unspecified atom stereocenters. The molecule has 414 valence electrons. The zero-order chi connectivity index (χ0) is 58.2. The summed E-state index contributed by atoms with van der Waals surface area (Å²) in [4.78, 5) is 4.81. The summed E-state index contributed by atoms with van der Waals surface area (Å²) < 4.78 is 7.65. The molecule has 3 heterocycles. The van der Waals surface area contributed by atoms with Crippen LogP contribution < -0.4 is 9.80 Å². The molecule has 3 aromatic heterocycles. The van der Waals surface area contributed by atoms with E-state index in [4.69, 9.17) is 0 Å². The number of aromatic nitrogens is 1. The molecule has 3 nitrogen and oxygen atoms in total. The van der Waals surface area contributed by atoms with E-state index in [9.17, 15) is 0 Å². The van der Waals surface area contributed by atoms with Gasteiger partial charge >= 0.3 is 0 Å². The SMILES string of the molecule is CC1(C)c2ccccc2-c2cc(-c3ccc4sc5cc(-c6ccc(N(c7ccc(N(c8ccccc8)c8ccc9sc%10c%11ccccc%11ccc%10c9c8)cc7)c7ccc8c9cc%10ccccc%10cc9n(-c9ccccc9)c8c7)cc6)ccc5c4c3)ccc21. The fourth-order valence-corrected chi connectivity index (χ4v) is 16.7. The molecule has 0 spiro atoms. The molecule has 14 aromatic carbocycles. The maximum atomic E-state index is 2.44. The van der Waals surface area contributed by atoms with Gasteiger partial charge in [0.1, 0.15) is 0 Å². The van der Waals surface area contributed by atoms with Gasteiger partial charge in [0, 0.05) is 96.3 Å². The summed E-state index contributed by atoms with van der Waals surface area (Å²) in [5.74, 6) is 0. The summed E-state index contributed by atoms with van der Waals surface area (Å²) in [6.07, 6.45) is 0. The van der Waals surface area contributed by atoms with Gasteiger partial charge in [0.15, 0.2) is 0 Å². The maximum Gasteiger partial charge on any atom is 0.0561 e. The Labute approximate surface area is 518 Å². The standard InChI is InChI=1S/C83H55N3S2/c1-83(2)75-24-14-13-23-67(75)71-45-56(29-42-76(71)83)57-30-43-79-73(47-57)69-39-28-58(49-81(69)87-79)52-25-31-61(32-26-52)85(65-37-41-68-72-46-54-16-9-10-17-55(54)48-77(72)86(78(68)51-65)60-20-7-4-8-21-60)63-35-33-62(34-36-63)84(59-18-5-3-6-19-59)64-38-44-80-74(50-64)70-40-27-53-15-11-12-22-66(53)82(70)88-80/h3-51H,1-2H3. The number of nitrogens with zero attached hydrogens (tertiary/aromatic N) is 3. The molecule has 5 heteroatoms. The number of rotatable bonds is 9. The van der Waals surface area contributed by atoms with Crippen LogP contribution in [0.2, 0.25) is 0 Å². The lowest BCUT2D eigenvalue weighted by Gasteiger charge is -2.28. The third-order valence-electron chi connectivity index (χ3n) is 18.7. The largest absolute Gasteiger partial charge is 0.310 e. The van der Waals surface area contributed by atoms with Gasteiger partial charge in [-0.3, -0.25) is 0 Å². The zero-order valence-electron chi connectivity index (χ0n) is 48.4. The number of para-hydroxylation sites is 2. The van der Waals surface area contributed by atoms with Crippen molar-refractivity contribution in [3.63, 3.8) is 0 Å². The number of benzene rings is 14. The van der Waals surface area contributed by atoms with Crippen molar-refractivity contribution in [2.75, 3.05) is 9.80 Å². The Bertz CT molecular complexity index is 5660. The second kappa shape index (κ2) is 19.7. The van der Waals surface area contributed by atoms with Gasteiger partial charge in [-0.1, -0.05) is 184 Å². The van der Waals surface area contributed by atoms with Crippen LogP contribution in [0.15, 0.2) is 297 Å². The molecule has 0 atom stereocenters. The minimum atomic E-state index is -0.0132. The van der Waals surface area contributed by atoms with Crippen molar-refractivity contribution >= 4 is 140 Å². The van der Waals surface area contributed by atoms with Crippen LogP contribution in [0, 0.1) is 0 Å². The first-order valence-electron chi connectivity index (χ1n) is 30.3. The van der Waals surface area contributed by atoms with Gasteiger partial charge < -0.3 is 14.4 Å². The van der Waals surface area contributed by atoms with Gasteiger partial charge in [-0.2, -0.15) is 0 Å². The molecule has 0 saturated heterocycles. The Hall–Kier alpha value is -10.6. The Morgan fingerprint density at radius 1 is 0.284 bits per heavy atom. The highest BCUT2D eigenvalue weighted by Gasteiger charge is 2.35. The lowest BCUT2D eigenvalue weighted by atomic mass is 9.82. The van der Waals surface area contributed by atoms with E-state index < -0.39 is 0 Å². The molecule has 17 aromatic rings. The fraction of sp³-hybridized carbons (Fsp3) is 0.0361. The molecule has 1 aliphatic rings. The molecular formula is C83H55N3S2. The predicted molar refractivity (Wildman–Crippen MR) is 379 cm³/mol. The van der Waals surface area contributed by atoms with Gasteiger partial charge in [-0.15, -0.1) is 22.7 Å². The van der Waals surface area contributed by atoms with Crippen LogP contribution >= 0.6 is 22.7 Å². The van der Waals surface area contributed by atoms with Crippen molar-refractivity contribution in [1.82, 2.24) is 4.57 Å². The van der Waals surface area contributed by atoms with Crippen molar-refractivity contribution in [1.29, 1.82) is 0 Å². The van der Waals surface area contributed by atoms with Crippen LogP contribution in [0.4, 0.5) is 34.1 Å². The summed E-state index contributed by atoms with van der Waals surface area (Å²) >= 11 is 3.76. The van der Waals surface area contributed by atoms with E-state index in [0.29, 0.717) is 0 Å². The van der Waals surface area contributed by atoms with Gasteiger partial charge in [-0.25, -0.2) is 0 Å². The van der Waals surface area contributed by atoms with Gasteiger partial charge in [-0.05, 0) is 193 Å². The van der Waals surface area contributed by atoms with Crippen LogP contribution in [0.5, 0.6) is 0 Å². The third kappa shape index (κ3) is 8.01. The molecule has 0 aliphatic heterocycles. The number of anilines is 6. The number of hydrogen-bond donors (Lipinski definition) is 0. The Balaban J connectivity index is 0.743. The summed E-state index contributed by atoms with van der Waals surface area (Å²) in [7, 11) is 0. The second-order valence-electron chi connectivity index (χ2n) is 24.1. The predicted octanol–water partition coefficient (Wildman–Crippen LogP) is 24.4. The van der Waals surface area contributed by atoms with Gasteiger partial charge in [0.05, 0.1) is 11.0 Å². The van der Waals surface area contributed by atoms with Crippen molar-refractivity contribution in [3.05, 3.63) is 308 Å². The van der Waals surface area contributed by atoms with Gasteiger partial charge in [0.25, 0.3) is 0 Å². The van der Waals surface area contributed by atoms with Crippen LogP contribution in [-0.4, -0.2) is 4.57 Å². The molecule has 0 bridgehead atoms. The summed E-state index contributed by atoms with van der Waals surface area (Å²) in [5, 5.41) is 12.6. The molecule has 0 amide bonds. The van der Waals surface area contributed by atoms with E-state index in [1.54, 1.807) is 0 Å². The minimum absolute atomic E-state index is 0.0132. The number of hydrogen-bond acceptors (Lipinski definition) is 4. The van der Waals surface area contributed by atoms with Crippen LogP contribution in [-0.2, 0) is 5.41 Å². The van der Waals surface area contributed by atoms with Crippen LogP contribution in [0.1, 0.15) is 25.0 Å². The third-order valence-corrected chi connectivity index (χ3v) is 21.1. The smallest absolute Gasteiger partial charge is 0.0561 e. The van der Waals surface area contributed by atoms with E-state index in [-0.39, 0.29) is 5.41 Å². The Kier molecular flexibility index (Phi) is 11.4. The summed E-state index contributed by atoms with van der Waals surface area (Å²) in [6.45, 7) is 4.70. The average Bonchev–Trinajstić information content (AvgIpc) is 1.83. The second-order valence-corrected chi connectivity index (χ2v) is 26.2. The van der Waals surface area contributed by atoms with Crippen molar-refractivity contribution in [3.8, 4) is 39.1 Å². The maximum absolute atomic E-state index is 2.44. The molecule has 1 aliphatic carbocycles. The summed E-state index contributed by atoms with van der Waals surface area (Å²) in [6, 6.07) is 111. The lowest BCUT2D eigenvalue weighted by molar-refractivity contribution is 0.660. The van der Waals surface area contributed by atoms with Gasteiger partial charge in [0.2, 0.25) is 0 Å². The van der Waals surface area contributed by atoms with E-state index >= 15 is 0 Å². The molecule has 0 fully saturated rings. The average molecular weight is 1160 g/mol. The minimum Gasteiger partial charge on any atom is -0.310 e. The molecule has 0 N–H and O–H groups in total. The lowest BCUT2D eigenvalue weighted by Crippen LogP contribution is -2.14. The Morgan fingerprint density at radius 3 is 1.60 bits per heavy atom. The monoisotopic (exact) mass is 1160 g/mol. The van der Waals surface area contributed by atoms with E-state index in [1.165, 1.54) is 123 Å². The first-order valence-corrected chi connectivity index (χ1v) is 31.9. The molecule has 0 radical (unpaired) electrons. The summed E-state index contributed by atoms with van der Waals surface area (Å²) in [5.41, 5.74) is 20.3. The molecule has 18 rings (SSSR count). The Morgan fingerprint density at radius 2 is 0.807 bits per heavy atom. The quantitative estimate of drug-likeness (QED) is 0.143. The highest BCUT2D eigenvalue weighted by atomic mass is 32.1. The molecule has 0 saturated carbocycles. The highest BCUT2D eigenvalue weighted by Crippen LogP contribution is 2.51. The van der Waals surface area contributed by atoms with Crippen LogP contribution in [0.25, 0.3) is 123 Å². The molecule has 88 heavy (non-hydrogen) atoms. The van der Waals surface area contributed by atoms with Crippen LogP contribution in [0.3, 0.4) is 0 Å². The number of thiophene rings is 2. The van der Waals surface area contributed by atoms with E-state index in [2.05, 4.69) is 325 Å². The molecular weight excluding hydrogens is 1100 g/mol. The van der Waals surface area contributed by atoms with Crippen molar-refractivity contribution < 1.29 is 0 Å². The topological polar surface area (TPSA) is 11.4 Å². The number of fused-ring (bicyclic) bond motifs is 15. The highest BCUT2D eigenvalue weighted by molar-refractivity contribution is 7.26. The zero-order valence-corrected chi connectivity index (χ0v) is 50.1.